The summed E-state index contributed by atoms with van der Waals surface area (Å²) in [6.07, 6.45) is 1.64. The van der Waals surface area contributed by atoms with Gasteiger partial charge in [0.2, 0.25) is 0 Å². The lowest BCUT2D eigenvalue weighted by Crippen LogP contribution is -2.50. The molecule has 3 rings (SSSR count). The Bertz CT molecular complexity index is 577. The average molecular weight is 421 g/mol. The molecule has 0 bridgehead atoms. The van der Waals surface area contributed by atoms with Crippen LogP contribution in [-0.4, -0.2) is 74.9 Å². The number of nitrogens with one attached hydrogen (secondary N) is 2. The molecule has 3 aliphatic rings. The topological polar surface area (TPSA) is 110 Å². The van der Waals surface area contributed by atoms with Crippen molar-refractivity contribution < 1.29 is 20.1 Å². The number of aliphatic imine (C=N–C) groups is 1. The van der Waals surface area contributed by atoms with Crippen LogP contribution in [0.15, 0.2) is 15.7 Å². The third-order valence-electron chi connectivity index (χ3n) is 5.01. The number of hydrogen-bond acceptors (Lipinski definition) is 9. The lowest BCUT2D eigenvalue weighted by Gasteiger charge is -2.28. The molecule has 8 nitrogen and oxygen atoms in total. The predicted octanol–water partition coefficient (Wildman–Crippen LogP) is 0.685. The first-order valence-corrected chi connectivity index (χ1v) is 11.0. The SMILES string of the molecule is CCCSC1CCCC(Cl)=C2NNN(C3CC(OCCO)C(O)C3O)C2=N1. The highest BCUT2D eigenvalue weighted by Gasteiger charge is 2.48. The van der Waals surface area contributed by atoms with Gasteiger partial charge in [0.1, 0.15) is 17.9 Å². The molecule has 1 saturated carbocycles. The van der Waals surface area contributed by atoms with Crippen molar-refractivity contribution in [1.82, 2.24) is 16.0 Å². The minimum Gasteiger partial charge on any atom is -0.394 e. The summed E-state index contributed by atoms with van der Waals surface area (Å²) in [7, 11) is 0. The largest absolute Gasteiger partial charge is 0.394 e. The number of ether oxygens (including phenoxy) is 1. The molecule has 0 aromatic carbocycles. The van der Waals surface area contributed by atoms with Gasteiger partial charge in [0.25, 0.3) is 0 Å². The van der Waals surface area contributed by atoms with Crippen molar-refractivity contribution in [1.29, 1.82) is 0 Å². The first-order valence-electron chi connectivity index (χ1n) is 9.54. The fourth-order valence-electron chi connectivity index (χ4n) is 3.63. The summed E-state index contributed by atoms with van der Waals surface area (Å²) in [6, 6.07) is -0.423. The highest BCUT2D eigenvalue weighted by molar-refractivity contribution is 7.99. The smallest absolute Gasteiger partial charge is 0.167 e. The Morgan fingerprint density at radius 1 is 1.37 bits per heavy atom. The van der Waals surface area contributed by atoms with Crippen molar-refractivity contribution in [2.24, 2.45) is 4.99 Å². The Balaban J connectivity index is 1.82. The quantitative estimate of drug-likeness (QED) is 0.409. The molecular weight excluding hydrogens is 392 g/mol. The van der Waals surface area contributed by atoms with Crippen LogP contribution in [0.5, 0.6) is 0 Å². The number of nitrogens with zero attached hydrogens (tertiary/aromatic N) is 2. The molecule has 0 amide bonds. The second-order valence-electron chi connectivity index (χ2n) is 6.97. The molecule has 5 N–H and O–H groups in total. The van der Waals surface area contributed by atoms with E-state index in [0.29, 0.717) is 17.3 Å². The molecule has 0 aromatic rings. The third-order valence-corrected chi connectivity index (χ3v) is 6.75. The van der Waals surface area contributed by atoms with Gasteiger partial charge in [-0.3, -0.25) is 15.4 Å². The summed E-state index contributed by atoms with van der Waals surface area (Å²) in [6.45, 7) is 2.15. The predicted molar refractivity (Wildman–Crippen MR) is 106 cm³/mol. The van der Waals surface area contributed by atoms with E-state index in [1.165, 1.54) is 0 Å². The van der Waals surface area contributed by atoms with Gasteiger partial charge in [0, 0.05) is 11.5 Å². The fourth-order valence-corrected chi connectivity index (χ4v) is 4.91. The van der Waals surface area contributed by atoms with E-state index in [1.54, 1.807) is 5.01 Å². The van der Waals surface area contributed by atoms with E-state index in [0.717, 1.165) is 37.1 Å². The van der Waals surface area contributed by atoms with Gasteiger partial charge in [-0.2, -0.15) is 0 Å². The number of amidine groups is 1. The lowest BCUT2D eigenvalue weighted by atomic mass is 10.1. The van der Waals surface area contributed by atoms with Crippen LogP contribution in [0.3, 0.4) is 0 Å². The number of aliphatic hydroxyl groups excluding tert-OH is 3. The zero-order valence-corrected chi connectivity index (χ0v) is 17.0. The normalized spacial score (nSPS) is 34.2. The molecule has 5 unspecified atom stereocenters. The van der Waals surface area contributed by atoms with Crippen LogP contribution in [0.4, 0.5) is 0 Å². The highest BCUT2D eigenvalue weighted by atomic mass is 35.5. The van der Waals surface area contributed by atoms with Crippen LogP contribution in [0.1, 0.15) is 39.0 Å². The molecule has 1 saturated heterocycles. The van der Waals surface area contributed by atoms with Gasteiger partial charge in [0.05, 0.1) is 30.7 Å². The third kappa shape index (κ3) is 4.72. The van der Waals surface area contributed by atoms with Gasteiger partial charge in [-0.25, -0.2) is 0 Å². The van der Waals surface area contributed by atoms with Crippen molar-refractivity contribution in [3.05, 3.63) is 10.7 Å². The number of hydrogen-bond donors (Lipinski definition) is 5. The summed E-state index contributed by atoms with van der Waals surface area (Å²) >= 11 is 8.31. The minimum atomic E-state index is -1.02. The van der Waals surface area contributed by atoms with Crippen molar-refractivity contribution in [2.75, 3.05) is 19.0 Å². The van der Waals surface area contributed by atoms with E-state index >= 15 is 0 Å². The Kier molecular flexibility index (Phi) is 7.66. The molecule has 0 spiro atoms. The Morgan fingerprint density at radius 3 is 2.93 bits per heavy atom. The maximum Gasteiger partial charge on any atom is 0.167 e. The molecule has 1 aliphatic carbocycles. The van der Waals surface area contributed by atoms with Crippen molar-refractivity contribution >= 4 is 29.2 Å². The van der Waals surface area contributed by atoms with Crippen molar-refractivity contribution in [3.8, 4) is 0 Å². The fraction of sp³-hybridized carbons (Fsp3) is 0.824. The first-order chi connectivity index (χ1) is 13.1. The van der Waals surface area contributed by atoms with Crippen molar-refractivity contribution in [3.63, 3.8) is 0 Å². The molecular formula is C17H29ClN4O4S. The summed E-state index contributed by atoms with van der Waals surface area (Å²) in [5, 5.41) is 32.4. The van der Waals surface area contributed by atoms with Crippen LogP contribution in [0.2, 0.25) is 0 Å². The van der Waals surface area contributed by atoms with E-state index in [-0.39, 0.29) is 18.6 Å². The number of aliphatic hydroxyl groups is 3. The Hall–Kier alpha value is -0.550. The second kappa shape index (κ2) is 9.78. The van der Waals surface area contributed by atoms with Crippen LogP contribution in [0, 0.1) is 0 Å². The van der Waals surface area contributed by atoms with E-state index < -0.39 is 24.4 Å². The molecule has 2 fully saturated rings. The van der Waals surface area contributed by atoms with Crippen molar-refractivity contribution in [2.45, 2.75) is 68.8 Å². The number of allylic oxidation sites excluding steroid dienone is 1. The molecule has 5 atom stereocenters. The zero-order chi connectivity index (χ0) is 19.4. The summed E-state index contributed by atoms with van der Waals surface area (Å²) in [5.74, 6) is 1.71. The van der Waals surface area contributed by atoms with Gasteiger partial charge in [-0.1, -0.05) is 18.5 Å². The van der Waals surface area contributed by atoms with Crippen LogP contribution in [0.25, 0.3) is 0 Å². The molecule has 0 aromatic heterocycles. The summed E-state index contributed by atoms with van der Waals surface area (Å²) < 4.78 is 5.48. The van der Waals surface area contributed by atoms with E-state index in [9.17, 15) is 10.2 Å². The van der Waals surface area contributed by atoms with Gasteiger partial charge in [-0.05, 0) is 31.4 Å². The summed E-state index contributed by atoms with van der Waals surface area (Å²) in [5.41, 5.74) is 6.87. The van der Waals surface area contributed by atoms with Crippen LogP contribution >= 0.6 is 23.4 Å². The zero-order valence-electron chi connectivity index (χ0n) is 15.5. The van der Waals surface area contributed by atoms with E-state index in [4.69, 9.17) is 26.4 Å². The molecule has 2 heterocycles. The average Bonchev–Trinajstić information content (AvgIpc) is 3.17. The van der Waals surface area contributed by atoms with Gasteiger partial charge < -0.3 is 20.1 Å². The Morgan fingerprint density at radius 2 is 2.19 bits per heavy atom. The number of rotatable bonds is 7. The maximum atomic E-state index is 10.6. The number of halogens is 1. The molecule has 10 heteroatoms. The first kappa shape index (κ1) is 21.2. The number of fused-ring (bicyclic) bond motifs is 1. The van der Waals surface area contributed by atoms with Gasteiger partial charge in [0.15, 0.2) is 5.84 Å². The lowest BCUT2D eigenvalue weighted by molar-refractivity contribution is -0.0642. The number of hydrazine groups is 2. The highest BCUT2D eigenvalue weighted by Crippen LogP contribution is 2.33. The standard InChI is InChI=1S/C17H29ClN4O4S/c1-2-8-27-13-5-3-4-10(18)14-17(19-13)22(21-20-14)11-9-12(26-7-6-23)16(25)15(11)24/h11-13,15-16,20-21,23-25H,2-9H2,1H3. The van der Waals surface area contributed by atoms with Gasteiger partial charge >= 0.3 is 0 Å². The molecule has 27 heavy (non-hydrogen) atoms. The minimum absolute atomic E-state index is 0.126. The van der Waals surface area contributed by atoms with Gasteiger partial charge in [-0.15, -0.1) is 17.3 Å². The monoisotopic (exact) mass is 420 g/mol. The molecule has 0 radical (unpaired) electrons. The van der Waals surface area contributed by atoms with E-state index in [2.05, 4.69) is 17.9 Å². The van der Waals surface area contributed by atoms with Crippen LogP contribution < -0.4 is 11.0 Å². The van der Waals surface area contributed by atoms with E-state index in [1.807, 2.05) is 11.8 Å². The second-order valence-corrected chi connectivity index (χ2v) is 8.72. The molecule has 154 valence electrons. The molecule has 2 aliphatic heterocycles. The number of thioether (sulfide) groups is 1. The summed E-state index contributed by atoms with van der Waals surface area (Å²) in [4.78, 5) is 4.92. The Labute approximate surface area is 168 Å². The van der Waals surface area contributed by atoms with Crippen LogP contribution in [-0.2, 0) is 4.74 Å². The maximum absolute atomic E-state index is 10.6.